The lowest BCUT2D eigenvalue weighted by atomic mass is 9.98. The van der Waals surface area contributed by atoms with Gasteiger partial charge in [0.05, 0.1) is 13.0 Å². The van der Waals surface area contributed by atoms with E-state index in [0.29, 0.717) is 38.2 Å². The van der Waals surface area contributed by atoms with Crippen molar-refractivity contribution >= 4 is 21.6 Å². The number of sulfonamides is 1. The SMILES string of the molecule is COc1ccc(N2CCCN(C(=O)C3CCCN(S(=O)(=O)c4c(C)noc4C)C3)CC2)cc1. The lowest BCUT2D eigenvalue weighted by molar-refractivity contribution is -0.136. The molecular weight excluding hydrogens is 444 g/mol. The molecule has 9 nitrogen and oxygen atoms in total. The third-order valence-corrected chi connectivity index (χ3v) is 8.65. The number of carbonyl (C=O) groups is 1. The van der Waals surface area contributed by atoms with E-state index in [1.165, 1.54) is 4.31 Å². The van der Waals surface area contributed by atoms with Gasteiger partial charge in [0.25, 0.3) is 0 Å². The van der Waals surface area contributed by atoms with Crippen molar-refractivity contribution in [2.45, 2.75) is 38.0 Å². The van der Waals surface area contributed by atoms with Crippen molar-refractivity contribution < 1.29 is 22.5 Å². The van der Waals surface area contributed by atoms with Crippen LogP contribution in [0.25, 0.3) is 0 Å². The Morgan fingerprint density at radius 1 is 1.06 bits per heavy atom. The summed E-state index contributed by atoms with van der Waals surface area (Å²) in [5.74, 6) is 0.817. The average molecular weight is 477 g/mol. The van der Waals surface area contributed by atoms with Crippen molar-refractivity contribution in [3.8, 4) is 5.75 Å². The van der Waals surface area contributed by atoms with E-state index in [9.17, 15) is 13.2 Å². The molecule has 0 saturated carbocycles. The highest BCUT2D eigenvalue weighted by Gasteiger charge is 2.37. The average Bonchev–Trinajstić information content (AvgIpc) is 3.02. The van der Waals surface area contributed by atoms with Gasteiger partial charge in [0.15, 0.2) is 5.76 Å². The van der Waals surface area contributed by atoms with Crippen LogP contribution in [0.2, 0.25) is 0 Å². The van der Waals surface area contributed by atoms with Crippen LogP contribution in [0.1, 0.15) is 30.7 Å². The Kier molecular flexibility index (Phi) is 6.94. The maximum Gasteiger partial charge on any atom is 0.248 e. The summed E-state index contributed by atoms with van der Waals surface area (Å²) in [6.07, 6.45) is 2.22. The number of benzene rings is 1. The van der Waals surface area contributed by atoms with Crippen LogP contribution < -0.4 is 9.64 Å². The van der Waals surface area contributed by atoms with Crippen LogP contribution in [0.4, 0.5) is 5.69 Å². The largest absolute Gasteiger partial charge is 0.497 e. The Labute approximate surface area is 195 Å². The number of carbonyl (C=O) groups excluding carboxylic acids is 1. The second kappa shape index (κ2) is 9.72. The van der Waals surface area contributed by atoms with E-state index in [4.69, 9.17) is 9.26 Å². The molecule has 0 bridgehead atoms. The Balaban J connectivity index is 1.41. The Bertz CT molecular complexity index is 1060. The zero-order chi connectivity index (χ0) is 23.6. The van der Waals surface area contributed by atoms with Gasteiger partial charge in [-0.05, 0) is 57.4 Å². The van der Waals surface area contributed by atoms with Crippen molar-refractivity contribution in [3.63, 3.8) is 0 Å². The first-order chi connectivity index (χ1) is 15.8. The van der Waals surface area contributed by atoms with E-state index in [1.54, 1.807) is 21.0 Å². The summed E-state index contributed by atoms with van der Waals surface area (Å²) in [6, 6.07) is 7.96. The molecule has 0 N–H and O–H groups in total. The maximum atomic E-state index is 13.4. The fraction of sp³-hybridized carbons (Fsp3) is 0.565. The van der Waals surface area contributed by atoms with Crippen LogP contribution in [0, 0.1) is 19.8 Å². The minimum absolute atomic E-state index is 0.0465. The number of anilines is 1. The number of methoxy groups -OCH3 is 1. The smallest absolute Gasteiger partial charge is 0.248 e. The molecule has 2 aliphatic rings. The normalized spacial score (nSPS) is 20.5. The molecule has 4 rings (SSSR count). The Hall–Kier alpha value is -2.59. The molecule has 33 heavy (non-hydrogen) atoms. The third kappa shape index (κ3) is 4.86. The molecule has 2 aromatic rings. The van der Waals surface area contributed by atoms with Gasteiger partial charge in [-0.15, -0.1) is 0 Å². The zero-order valence-corrected chi connectivity index (χ0v) is 20.3. The molecule has 1 unspecified atom stereocenters. The van der Waals surface area contributed by atoms with E-state index in [2.05, 4.69) is 10.1 Å². The van der Waals surface area contributed by atoms with Gasteiger partial charge in [-0.25, -0.2) is 8.42 Å². The van der Waals surface area contributed by atoms with E-state index in [0.717, 1.165) is 30.9 Å². The Morgan fingerprint density at radius 3 is 2.48 bits per heavy atom. The third-order valence-electron chi connectivity index (χ3n) is 6.54. The van der Waals surface area contributed by atoms with Gasteiger partial charge in [-0.2, -0.15) is 4.31 Å². The second-order valence-electron chi connectivity index (χ2n) is 8.72. The number of aromatic nitrogens is 1. The summed E-state index contributed by atoms with van der Waals surface area (Å²) < 4.78 is 38.2. The van der Waals surface area contributed by atoms with Crippen molar-refractivity contribution in [1.82, 2.24) is 14.4 Å². The molecule has 3 heterocycles. The monoisotopic (exact) mass is 476 g/mol. The van der Waals surface area contributed by atoms with Crippen LogP contribution in [0.15, 0.2) is 33.7 Å². The van der Waals surface area contributed by atoms with Crippen LogP contribution >= 0.6 is 0 Å². The first-order valence-corrected chi connectivity index (χ1v) is 12.9. The molecule has 1 aromatic heterocycles. The number of piperidine rings is 1. The lowest BCUT2D eigenvalue weighted by Gasteiger charge is -2.34. The summed E-state index contributed by atoms with van der Waals surface area (Å²) in [7, 11) is -2.10. The topological polar surface area (TPSA) is 96.2 Å². The molecule has 1 atom stereocenters. The van der Waals surface area contributed by atoms with E-state index in [1.807, 2.05) is 29.2 Å². The van der Waals surface area contributed by atoms with Crippen molar-refractivity contribution in [2.24, 2.45) is 5.92 Å². The Morgan fingerprint density at radius 2 is 1.82 bits per heavy atom. The zero-order valence-electron chi connectivity index (χ0n) is 19.5. The molecule has 0 spiro atoms. The standard InChI is InChI=1S/C23H32N4O5S/c1-17-22(18(2)32-24-17)33(29,30)27-13-4-6-19(16-27)23(28)26-12-5-11-25(14-15-26)20-7-9-21(31-3)10-8-20/h7-10,19H,4-6,11-16H2,1-3H3. The fourth-order valence-electron chi connectivity index (χ4n) is 4.78. The van der Waals surface area contributed by atoms with Crippen molar-refractivity contribution in [2.75, 3.05) is 51.3 Å². The second-order valence-corrected chi connectivity index (χ2v) is 10.6. The molecule has 0 aliphatic carbocycles. The minimum atomic E-state index is -3.75. The number of amides is 1. The summed E-state index contributed by atoms with van der Waals surface area (Å²) in [4.78, 5) is 17.7. The first-order valence-electron chi connectivity index (χ1n) is 11.4. The van der Waals surface area contributed by atoms with Gasteiger partial charge < -0.3 is 19.1 Å². The number of hydrogen-bond acceptors (Lipinski definition) is 7. The van der Waals surface area contributed by atoms with Crippen molar-refractivity contribution in [1.29, 1.82) is 0 Å². The number of ether oxygens (including phenoxy) is 1. The molecule has 1 amide bonds. The van der Waals surface area contributed by atoms with Crippen LogP contribution in [0.5, 0.6) is 5.75 Å². The number of aryl methyl sites for hydroxylation is 2. The van der Waals surface area contributed by atoms with E-state index >= 15 is 0 Å². The molecule has 2 saturated heterocycles. The van der Waals surface area contributed by atoms with Crippen molar-refractivity contribution in [3.05, 3.63) is 35.7 Å². The molecule has 2 fully saturated rings. The van der Waals surface area contributed by atoms with E-state index < -0.39 is 10.0 Å². The quantitative estimate of drug-likeness (QED) is 0.654. The molecule has 1 aromatic carbocycles. The van der Waals surface area contributed by atoms with Crippen LogP contribution in [0.3, 0.4) is 0 Å². The van der Waals surface area contributed by atoms with Gasteiger partial charge in [-0.3, -0.25) is 4.79 Å². The van der Waals surface area contributed by atoms with Gasteiger partial charge in [-0.1, -0.05) is 5.16 Å². The molecule has 0 radical (unpaired) electrons. The van der Waals surface area contributed by atoms with Gasteiger partial charge >= 0.3 is 0 Å². The first kappa shape index (κ1) is 23.6. The summed E-state index contributed by atoms with van der Waals surface area (Å²) in [5.41, 5.74) is 1.46. The van der Waals surface area contributed by atoms with Gasteiger partial charge in [0, 0.05) is 45.0 Å². The van der Waals surface area contributed by atoms with Gasteiger partial charge in [0.2, 0.25) is 15.9 Å². The van der Waals surface area contributed by atoms with Gasteiger partial charge in [0.1, 0.15) is 16.3 Å². The predicted molar refractivity (Wildman–Crippen MR) is 124 cm³/mol. The number of nitrogens with zero attached hydrogens (tertiary/aromatic N) is 4. The highest BCUT2D eigenvalue weighted by molar-refractivity contribution is 7.89. The summed E-state index contributed by atoms with van der Waals surface area (Å²) >= 11 is 0. The van der Waals surface area contributed by atoms with Crippen LogP contribution in [-0.4, -0.2) is 75.1 Å². The molecule has 180 valence electrons. The summed E-state index contributed by atoms with van der Waals surface area (Å²) in [5, 5.41) is 3.79. The maximum absolute atomic E-state index is 13.4. The minimum Gasteiger partial charge on any atom is -0.497 e. The van der Waals surface area contributed by atoms with Crippen LogP contribution in [-0.2, 0) is 14.8 Å². The summed E-state index contributed by atoms with van der Waals surface area (Å²) in [6.45, 7) is 6.74. The predicted octanol–water partition coefficient (Wildman–Crippen LogP) is 2.44. The fourth-order valence-corrected chi connectivity index (χ4v) is 6.60. The molecular formula is C23H32N4O5S. The number of hydrogen-bond donors (Lipinski definition) is 0. The number of rotatable bonds is 5. The molecule has 10 heteroatoms. The lowest BCUT2D eigenvalue weighted by Crippen LogP contribution is -2.47. The highest BCUT2D eigenvalue weighted by Crippen LogP contribution is 2.29. The molecule has 2 aliphatic heterocycles. The highest BCUT2D eigenvalue weighted by atomic mass is 32.2. The van der Waals surface area contributed by atoms with E-state index in [-0.39, 0.29) is 29.0 Å².